The van der Waals surface area contributed by atoms with E-state index in [1.54, 1.807) is 13.1 Å². The molecule has 1 N–H and O–H groups in total. The third kappa shape index (κ3) is 3.13. The van der Waals surface area contributed by atoms with Crippen molar-refractivity contribution in [2.75, 3.05) is 18.0 Å². The topological polar surface area (TPSA) is 62.3 Å². The summed E-state index contributed by atoms with van der Waals surface area (Å²) in [7, 11) is -3.64. The van der Waals surface area contributed by atoms with Crippen LogP contribution in [0, 0.1) is 12.7 Å². The highest BCUT2D eigenvalue weighted by molar-refractivity contribution is 7.89. The highest BCUT2D eigenvalue weighted by Gasteiger charge is 2.29. The molecule has 1 aliphatic rings. The van der Waals surface area contributed by atoms with Crippen molar-refractivity contribution in [3.8, 4) is 0 Å². The molecule has 0 radical (unpaired) electrons. The summed E-state index contributed by atoms with van der Waals surface area (Å²) in [5, 5.41) is 2.80. The van der Waals surface area contributed by atoms with Gasteiger partial charge in [-0.1, -0.05) is 0 Å². The van der Waals surface area contributed by atoms with Gasteiger partial charge in [0.2, 0.25) is 10.0 Å². The van der Waals surface area contributed by atoms with Crippen LogP contribution in [0.1, 0.15) is 12.0 Å². The standard InChI is InChI=1S/C14H16FN3O2S2/c1-10-8-11(15)2-3-13(10)22(19,20)17-12-4-6-18(9-12)14-16-5-7-21-14/h2-3,5,7-8,12,17H,4,6,9H2,1H3/t12-/m1/s1. The normalized spacial score (nSPS) is 18.8. The van der Waals surface area contributed by atoms with E-state index in [1.165, 1.54) is 23.5 Å². The van der Waals surface area contributed by atoms with Gasteiger partial charge in [-0.25, -0.2) is 22.5 Å². The third-order valence-electron chi connectivity index (χ3n) is 3.63. The molecule has 1 saturated heterocycles. The van der Waals surface area contributed by atoms with Crippen LogP contribution in [0.3, 0.4) is 0 Å². The average molecular weight is 341 g/mol. The summed E-state index contributed by atoms with van der Waals surface area (Å²) in [6, 6.07) is 3.53. The van der Waals surface area contributed by atoms with Gasteiger partial charge in [-0.05, 0) is 37.1 Å². The molecular weight excluding hydrogens is 325 g/mol. The molecule has 0 unspecified atom stereocenters. The molecule has 0 amide bonds. The van der Waals surface area contributed by atoms with Crippen LogP contribution in [-0.2, 0) is 10.0 Å². The monoisotopic (exact) mass is 341 g/mol. The minimum atomic E-state index is -3.64. The van der Waals surface area contributed by atoms with Crippen LogP contribution in [0.25, 0.3) is 0 Å². The molecule has 1 aliphatic heterocycles. The lowest BCUT2D eigenvalue weighted by atomic mass is 10.2. The molecule has 2 aromatic rings. The second-order valence-corrected chi connectivity index (χ2v) is 7.83. The Morgan fingerprint density at radius 1 is 1.45 bits per heavy atom. The Morgan fingerprint density at radius 2 is 2.27 bits per heavy atom. The van der Waals surface area contributed by atoms with Gasteiger partial charge in [-0.15, -0.1) is 11.3 Å². The fourth-order valence-corrected chi connectivity index (χ4v) is 4.77. The van der Waals surface area contributed by atoms with Gasteiger partial charge in [0, 0.05) is 30.7 Å². The molecule has 1 fully saturated rings. The number of nitrogens with one attached hydrogen (secondary N) is 1. The summed E-state index contributed by atoms with van der Waals surface area (Å²) in [6.07, 6.45) is 2.46. The van der Waals surface area contributed by atoms with Gasteiger partial charge >= 0.3 is 0 Å². The number of hydrogen-bond acceptors (Lipinski definition) is 5. The number of sulfonamides is 1. The molecule has 0 spiro atoms. The Balaban J connectivity index is 1.73. The van der Waals surface area contributed by atoms with Crippen molar-refractivity contribution in [1.82, 2.24) is 9.71 Å². The number of anilines is 1. The van der Waals surface area contributed by atoms with Crippen molar-refractivity contribution in [2.24, 2.45) is 0 Å². The van der Waals surface area contributed by atoms with Gasteiger partial charge in [0.1, 0.15) is 5.82 Å². The summed E-state index contributed by atoms with van der Waals surface area (Å²) in [5.74, 6) is -0.438. The summed E-state index contributed by atoms with van der Waals surface area (Å²) >= 11 is 1.54. The fourth-order valence-electron chi connectivity index (χ4n) is 2.60. The van der Waals surface area contributed by atoms with Crippen molar-refractivity contribution in [1.29, 1.82) is 0 Å². The maximum Gasteiger partial charge on any atom is 0.241 e. The molecular formula is C14H16FN3O2S2. The molecule has 2 heterocycles. The molecule has 118 valence electrons. The second-order valence-electron chi connectivity index (χ2n) is 5.28. The predicted molar refractivity (Wildman–Crippen MR) is 84.2 cm³/mol. The van der Waals surface area contributed by atoms with Gasteiger partial charge in [0.25, 0.3) is 0 Å². The molecule has 1 aromatic carbocycles. The van der Waals surface area contributed by atoms with Crippen LogP contribution in [0.2, 0.25) is 0 Å². The Bertz CT molecular complexity index is 762. The number of nitrogens with zero attached hydrogens (tertiary/aromatic N) is 2. The third-order valence-corrected chi connectivity index (χ3v) is 6.14. The minimum absolute atomic E-state index is 0.126. The highest BCUT2D eigenvalue weighted by atomic mass is 32.2. The number of hydrogen-bond donors (Lipinski definition) is 1. The highest BCUT2D eigenvalue weighted by Crippen LogP contribution is 2.24. The first-order valence-electron chi connectivity index (χ1n) is 6.88. The minimum Gasteiger partial charge on any atom is -0.346 e. The molecule has 3 rings (SSSR count). The molecule has 5 nitrogen and oxygen atoms in total. The molecule has 22 heavy (non-hydrogen) atoms. The zero-order valence-corrected chi connectivity index (χ0v) is 13.6. The Labute approximate surface area is 132 Å². The Hall–Kier alpha value is -1.51. The average Bonchev–Trinajstić information content (AvgIpc) is 3.07. The Kier molecular flexibility index (Phi) is 4.16. The molecule has 0 saturated carbocycles. The number of halogens is 1. The van der Waals surface area contributed by atoms with E-state index in [9.17, 15) is 12.8 Å². The van der Waals surface area contributed by atoms with E-state index in [4.69, 9.17) is 0 Å². The molecule has 1 aromatic heterocycles. The first-order chi connectivity index (χ1) is 10.5. The smallest absolute Gasteiger partial charge is 0.241 e. The summed E-state index contributed by atoms with van der Waals surface area (Å²) in [4.78, 5) is 6.43. The van der Waals surface area contributed by atoms with E-state index in [0.717, 1.165) is 24.2 Å². The largest absolute Gasteiger partial charge is 0.346 e. The van der Waals surface area contributed by atoms with E-state index in [-0.39, 0.29) is 10.9 Å². The first kappa shape index (κ1) is 15.4. The van der Waals surface area contributed by atoms with Crippen LogP contribution < -0.4 is 9.62 Å². The zero-order chi connectivity index (χ0) is 15.7. The maximum absolute atomic E-state index is 13.1. The number of thiazole rings is 1. The fraction of sp³-hybridized carbons (Fsp3) is 0.357. The van der Waals surface area contributed by atoms with Gasteiger partial charge < -0.3 is 4.90 Å². The Morgan fingerprint density at radius 3 is 2.95 bits per heavy atom. The maximum atomic E-state index is 13.1. The number of aromatic nitrogens is 1. The lowest BCUT2D eigenvalue weighted by molar-refractivity contribution is 0.560. The molecule has 0 aliphatic carbocycles. The quantitative estimate of drug-likeness (QED) is 0.926. The van der Waals surface area contributed by atoms with E-state index < -0.39 is 15.8 Å². The number of rotatable bonds is 4. The first-order valence-corrected chi connectivity index (χ1v) is 9.25. The van der Waals surface area contributed by atoms with Crippen LogP contribution >= 0.6 is 11.3 Å². The van der Waals surface area contributed by atoms with Crippen LogP contribution in [0.4, 0.5) is 9.52 Å². The van der Waals surface area contributed by atoms with E-state index >= 15 is 0 Å². The SMILES string of the molecule is Cc1cc(F)ccc1S(=O)(=O)N[C@@H]1CCN(c2nccs2)C1. The molecule has 0 bridgehead atoms. The van der Waals surface area contributed by atoms with Gasteiger partial charge in [-0.2, -0.15) is 0 Å². The van der Waals surface area contributed by atoms with Crippen molar-refractivity contribution in [3.63, 3.8) is 0 Å². The summed E-state index contributed by atoms with van der Waals surface area (Å²) in [5.41, 5.74) is 0.405. The zero-order valence-electron chi connectivity index (χ0n) is 12.0. The number of aryl methyl sites for hydroxylation is 1. The van der Waals surface area contributed by atoms with Gasteiger partial charge in [0.15, 0.2) is 5.13 Å². The van der Waals surface area contributed by atoms with Crippen molar-refractivity contribution >= 4 is 26.5 Å². The van der Waals surface area contributed by atoms with Crippen LogP contribution in [0.5, 0.6) is 0 Å². The van der Waals surface area contributed by atoms with Crippen molar-refractivity contribution in [3.05, 3.63) is 41.2 Å². The van der Waals surface area contributed by atoms with Gasteiger partial charge in [-0.3, -0.25) is 0 Å². The van der Waals surface area contributed by atoms with E-state index in [1.807, 2.05) is 5.38 Å². The lowest BCUT2D eigenvalue weighted by Gasteiger charge is -2.16. The van der Waals surface area contributed by atoms with Crippen LogP contribution in [-0.4, -0.2) is 32.5 Å². The predicted octanol–water partition coefficient (Wildman–Crippen LogP) is 2.15. The molecule has 1 atom stereocenters. The van der Waals surface area contributed by atoms with Crippen molar-refractivity contribution in [2.45, 2.75) is 24.3 Å². The molecule has 8 heteroatoms. The number of benzene rings is 1. The summed E-state index contributed by atoms with van der Waals surface area (Å²) < 4.78 is 40.7. The second kappa shape index (κ2) is 5.94. The van der Waals surface area contributed by atoms with E-state index in [0.29, 0.717) is 12.1 Å². The van der Waals surface area contributed by atoms with Gasteiger partial charge in [0.05, 0.1) is 4.90 Å². The van der Waals surface area contributed by atoms with Crippen LogP contribution in [0.15, 0.2) is 34.7 Å². The van der Waals surface area contributed by atoms with Crippen molar-refractivity contribution < 1.29 is 12.8 Å². The lowest BCUT2D eigenvalue weighted by Crippen LogP contribution is -2.37. The summed E-state index contributed by atoms with van der Waals surface area (Å²) in [6.45, 7) is 2.95. The van der Waals surface area contributed by atoms with E-state index in [2.05, 4.69) is 14.6 Å².